The molecule has 0 saturated heterocycles. The number of hydrogen-bond acceptors (Lipinski definition) is 2. The third-order valence-corrected chi connectivity index (χ3v) is 3.93. The van der Waals surface area contributed by atoms with Gasteiger partial charge in [-0.3, -0.25) is 9.59 Å². The molecule has 0 saturated carbocycles. The Hall–Kier alpha value is -1.84. The molecule has 1 rings (SSSR count). The van der Waals surface area contributed by atoms with E-state index in [1.165, 1.54) is 0 Å². The number of amides is 2. The number of nitrogens with one attached hydrogen (secondary N) is 2. The number of carbonyl (C=O) groups excluding carboxylic acids is 2. The summed E-state index contributed by atoms with van der Waals surface area (Å²) in [6, 6.07) is 7.73. The highest BCUT2D eigenvalue weighted by molar-refractivity contribution is 6.10. The van der Waals surface area contributed by atoms with Crippen molar-refractivity contribution >= 4 is 17.5 Å². The number of benzene rings is 1. The van der Waals surface area contributed by atoms with Crippen molar-refractivity contribution in [3.05, 3.63) is 29.8 Å². The van der Waals surface area contributed by atoms with Crippen LogP contribution in [0.5, 0.6) is 0 Å². The van der Waals surface area contributed by atoms with Crippen molar-refractivity contribution in [1.29, 1.82) is 0 Å². The molecule has 23 heavy (non-hydrogen) atoms. The van der Waals surface area contributed by atoms with Crippen LogP contribution in [-0.2, 0) is 15.0 Å². The number of anilines is 1. The zero-order valence-corrected chi connectivity index (χ0v) is 15.2. The van der Waals surface area contributed by atoms with Crippen LogP contribution in [0.25, 0.3) is 0 Å². The van der Waals surface area contributed by atoms with Crippen molar-refractivity contribution in [1.82, 2.24) is 5.32 Å². The average Bonchev–Trinajstić information content (AvgIpc) is 2.46. The Labute approximate surface area is 140 Å². The zero-order chi connectivity index (χ0) is 17.7. The van der Waals surface area contributed by atoms with E-state index in [1.807, 2.05) is 24.3 Å². The summed E-state index contributed by atoms with van der Waals surface area (Å²) in [5.74, 6) is -0.528. The van der Waals surface area contributed by atoms with Gasteiger partial charge in [0.05, 0.1) is 0 Å². The van der Waals surface area contributed by atoms with Gasteiger partial charge in [-0.1, -0.05) is 52.3 Å². The Kier molecular flexibility index (Phi) is 6.37. The maximum atomic E-state index is 12.6. The minimum Gasteiger partial charge on any atom is -0.355 e. The van der Waals surface area contributed by atoms with Crippen LogP contribution in [0, 0.1) is 5.41 Å². The number of carbonyl (C=O) groups is 2. The molecule has 1 aromatic rings. The summed E-state index contributed by atoms with van der Waals surface area (Å²) < 4.78 is 0. The predicted molar refractivity (Wildman–Crippen MR) is 95.5 cm³/mol. The first kappa shape index (κ1) is 19.2. The van der Waals surface area contributed by atoms with Gasteiger partial charge in [-0.15, -0.1) is 0 Å². The van der Waals surface area contributed by atoms with Gasteiger partial charge in [0.15, 0.2) is 0 Å². The monoisotopic (exact) mass is 318 g/mol. The van der Waals surface area contributed by atoms with E-state index in [0.29, 0.717) is 6.54 Å². The van der Waals surface area contributed by atoms with Gasteiger partial charge in [-0.2, -0.15) is 0 Å². The largest absolute Gasteiger partial charge is 0.355 e. The summed E-state index contributed by atoms with van der Waals surface area (Å²) in [7, 11) is 0. The van der Waals surface area contributed by atoms with Crippen LogP contribution < -0.4 is 10.6 Å². The molecule has 0 aromatic heterocycles. The zero-order valence-electron chi connectivity index (χ0n) is 15.2. The molecule has 0 atom stereocenters. The second-order valence-electron chi connectivity index (χ2n) is 7.48. The predicted octanol–water partition coefficient (Wildman–Crippen LogP) is 3.87. The highest BCUT2D eigenvalue weighted by atomic mass is 16.2. The normalized spacial score (nSPS) is 11.9. The van der Waals surface area contributed by atoms with Crippen molar-refractivity contribution in [2.24, 2.45) is 5.41 Å². The van der Waals surface area contributed by atoms with Crippen LogP contribution in [0.4, 0.5) is 5.69 Å². The molecule has 4 nitrogen and oxygen atoms in total. The Morgan fingerprint density at radius 3 is 2.17 bits per heavy atom. The molecule has 1 aromatic carbocycles. The summed E-state index contributed by atoms with van der Waals surface area (Å²) in [5, 5.41) is 5.76. The molecule has 0 aliphatic carbocycles. The Bertz CT molecular complexity index is 557. The molecule has 0 bridgehead atoms. The minimum absolute atomic E-state index is 0.0859. The maximum Gasteiger partial charge on any atom is 0.239 e. The lowest BCUT2D eigenvalue weighted by Crippen LogP contribution is -2.45. The van der Waals surface area contributed by atoms with Crippen LogP contribution >= 0.6 is 0 Å². The molecule has 0 aliphatic heterocycles. The van der Waals surface area contributed by atoms with Gasteiger partial charge in [0.2, 0.25) is 11.8 Å². The molecule has 0 fully saturated rings. The van der Waals surface area contributed by atoms with Crippen LogP contribution in [0.3, 0.4) is 0 Å². The van der Waals surface area contributed by atoms with Crippen LogP contribution in [0.2, 0.25) is 0 Å². The molecule has 4 heteroatoms. The molecule has 2 amide bonds. The Morgan fingerprint density at radius 1 is 1.00 bits per heavy atom. The molecule has 0 radical (unpaired) electrons. The summed E-state index contributed by atoms with van der Waals surface area (Å²) in [5.41, 5.74) is 0.617. The maximum absolute atomic E-state index is 12.6. The van der Waals surface area contributed by atoms with E-state index in [4.69, 9.17) is 0 Å². The Balaban J connectivity index is 2.89. The Morgan fingerprint density at radius 2 is 1.61 bits per heavy atom. The molecule has 128 valence electrons. The molecule has 0 aliphatic rings. The van der Waals surface area contributed by atoms with Gasteiger partial charge < -0.3 is 10.6 Å². The minimum atomic E-state index is -1.11. The molecule has 0 spiro atoms. The van der Waals surface area contributed by atoms with E-state index in [-0.39, 0.29) is 17.2 Å². The summed E-state index contributed by atoms with van der Waals surface area (Å²) in [4.78, 5) is 24.9. The van der Waals surface area contributed by atoms with Crippen molar-refractivity contribution in [3.8, 4) is 0 Å². The van der Waals surface area contributed by atoms with E-state index in [2.05, 4.69) is 38.3 Å². The lowest BCUT2D eigenvalue weighted by Gasteiger charge is -2.26. The van der Waals surface area contributed by atoms with Crippen molar-refractivity contribution in [3.63, 3.8) is 0 Å². The van der Waals surface area contributed by atoms with Crippen molar-refractivity contribution < 1.29 is 9.59 Å². The van der Waals surface area contributed by atoms with Gasteiger partial charge in [-0.05, 0) is 37.3 Å². The molecular formula is C19H30N2O2. The number of rotatable bonds is 6. The molecule has 0 heterocycles. The third kappa shape index (κ3) is 5.08. The third-order valence-electron chi connectivity index (χ3n) is 3.93. The fourth-order valence-electron chi connectivity index (χ4n) is 2.23. The lowest BCUT2D eigenvalue weighted by atomic mass is 9.85. The van der Waals surface area contributed by atoms with Gasteiger partial charge in [0.25, 0.3) is 0 Å². The lowest BCUT2D eigenvalue weighted by molar-refractivity contribution is -0.138. The van der Waals surface area contributed by atoms with Gasteiger partial charge in [0, 0.05) is 12.2 Å². The standard InChI is InChI=1S/C19H30N2O2/c1-7-8-13-20-16(22)19(5,6)17(23)21-15-12-10-9-11-14(15)18(2,3)4/h9-12H,7-8,13H2,1-6H3,(H,20,22)(H,21,23). The fraction of sp³-hybridized carbons (Fsp3) is 0.579. The SMILES string of the molecule is CCCCNC(=O)C(C)(C)C(=O)Nc1ccccc1C(C)(C)C. The van der Waals surface area contributed by atoms with Crippen LogP contribution in [0.15, 0.2) is 24.3 Å². The van der Waals surface area contributed by atoms with Crippen molar-refractivity contribution in [2.75, 3.05) is 11.9 Å². The van der Waals surface area contributed by atoms with Crippen LogP contribution in [0.1, 0.15) is 59.9 Å². The second kappa shape index (κ2) is 7.62. The van der Waals surface area contributed by atoms with E-state index in [1.54, 1.807) is 13.8 Å². The van der Waals surface area contributed by atoms with E-state index >= 15 is 0 Å². The van der Waals surface area contributed by atoms with E-state index in [0.717, 1.165) is 24.1 Å². The highest BCUT2D eigenvalue weighted by Gasteiger charge is 2.36. The van der Waals surface area contributed by atoms with E-state index in [9.17, 15) is 9.59 Å². The molecule has 0 unspecified atom stereocenters. The van der Waals surface area contributed by atoms with Crippen LogP contribution in [-0.4, -0.2) is 18.4 Å². The average molecular weight is 318 g/mol. The topological polar surface area (TPSA) is 58.2 Å². The number of para-hydroxylation sites is 1. The summed E-state index contributed by atoms with van der Waals surface area (Å²) in [6.07, 6.45) is 1.92. The highest BCUT2D eigenvalue weighted by Crippen LogP contribution is 2.30. The molecule has 2 N–H and O–H groups in total. The van der Waals surface area contributed by atoms with Crippen molar-refractivity contribution in [2.45, 2.75) is 59.8 Å². The second-order valence-corrected chi connectivity index (χ2v) is 7.48. The number of hydrogen-bond donors (Lipinski definition) is 2. The quantitative estimate of drug-likeness (QED) is 0.618. The van der Waals surface area contributed by atoms with Gasteiger partial charge >= 0.3 is 0 Å². The van der Waals surface area contributed by atoms with Gasteiger partial charge in [-0.25, -0.2) is 0 Å². The fourth-order valence-corrected chi connectivity index (χ4v) is 2.23. The smallest absolute Gasteiger partial charge is 0.239 e. The first-order chi connectivity index (χ1) is 10.6. The first-order valence-corrected chi connectivity index (χ1v) is 8.30. The van der Waals surface area contributed by atoms with E-state index < -0.39 is 5.41 Å². The molecular weight excluding hydrogens is 288 g/mol. The first-order valence-electron chi connectivity index (χ1n) is 8.30. The van der Waals surface area contributed by atoms with Gasteiger partial charge in [0.1, 0.15) is 5.41 Å². The summed E-state index contributed by atoms with van der Waals surface area (Å²) >= 11 is 0. The summed E-state index contributed by atoms with van der Waals surface area (Å²) in [6.45, 7) is 12.3. The number of unbranched alkanes of at least 4 members (excludes halogenated alkanes) is 1.